The third-order valence-electron chi connectivity index (χ3n) is 3.73. The van der Waals surface area contributed by atoms with Gasteiger partial charge in [-0.3, -0.25) is 14.8 Å². The average molecular weight is 347 g/mol. The highest BCUT2D eigenvalue weighted by Gasteiger charge is 2.09. The van der Waals surface area contributed by atoms with Gasteiger partial charge in [0.2, 0.25) is 0 Å². The number of ether oxygens (including phenoxy) is 1. The highest BCUT2D eigenvalue weighted by atomic mass is 35.5. The van der Waals surface area contributed by atoms with Crippen molar-refractivity contribution in [3.8, 4) is 0 Å². The van der Waals surface area contributed by atoms with Crippen molar-refractivity contribution in [1.29, 1.82) is 0 Å². The highest BCUT2D eigenvalue weighted by Crippen LogP contribution is 2.19. The predicted molar refractivity (Wildman–Crippen MR) is 94.1 cm³/mol. The summed E-state index contributed by atoms with van der Waals surface area (Å²) in [5, 5.41) is 8.35. The van der Waals surface area contributed by atoms with Crippen LogP contribution in [0.15, 0.2) is 35.1 Å². The summed E-state index contributed by atoms with van der Waals surface area (Å²) in [4.78, 5) is 17.6. The molecule has 0 aliphatic rings. The first-order valence-electron chi connectivity index (χ1n) is 7.58. The first-order chi connectivity index (χ1) is 11.6. The highest BCUT2D eigenvalue weighted by molar-refractivity contribution is 6.35. The quantitative estimate of drug-likeness (QED) is 0.719. The fourth-order valence-electron chi connectivity index (χ4n) is 2.72. The molecule has 1 aromatic carbocycles. The molecule has 2 N–H and O–H groups in total. The number of benzene rings is 1. The van der Waals surface area contributed by atoms with Gasteiger partial charge in [-0.25, -0.2) is 0 Å². The maximum absolute atomic E-state index is 12.2. The molecule has 0 atom stereocenters. The van der Waals surface area contributed by atoms with E-state index in [-0.39, 0.29) is 5.43 Å². The number of fused-ring (bicyclic) bond motifs is 1. The van der Waals surface area contributed by atoms with Gasteiger partial charge in [0.1, 0.15) is 0 Å². The molecule has 0 aliphatic heterocycles. The molecule has 6 nitrogen and oxygen atoms in total. The Bertz CT molecular complexity index is 903. The Labute approximate surface area is 144 Å². The zero-order valence-electron chi connectivity index (χ0n) is 13.6. The summed E-state index contributed by atoms with van der Waals surface area (Å²) in [6, 6.07) is 8.92. The molecule has 0 amide bonds. The molecule has 2 heterocycles. The number of H-pyrrole nitrogens is 2. The smallest absolute Gasteiger partial charge is 0.189 e. The van der Waals surface area contributed by atoms with Crippen molar-refractivity contribution in [2.45, 2.75) is 19.7 Å². The van der Waals surface area contributed by atoms with Crippen LogP contribution in [0.3, 0.4) is 0 Å². The molecule has 2 aromatic heterocycles. The van der Waals surface area contributed by atoms with Crippen LogP contribution in [0.5, 0.6) is 0 Å². The van der Waals surface area contributed by atoms with Crippen molar-refractivity contribution >= 4 is 22.5 Å². The van der Waals surface area contributed by atoms with E-state index in [9.17, 15) is 4.79 Å². The summed E-state index contributed by atoms with van der Waals surface area (Å²) in [6.07, 6.45) is 0. The van der Waals surface area contributed by atoms with E-state index >= 15 is 0 Å². The Balaban J connectivity index is 1.76. The van der Waals surface area contributed by atoms with E-state index < -0.39 is 0 Å². The van der Waals surface area contributed by atoms with Gasteiger partial charge in [-0.2, -0.15) is 5.10 Å². The summed E-state index contributed by atoms with van der Waals surface area (Å²) in [5.74, 6) is 0. The molecular formula is C17H19ClN4O2. The fourth-order valence-corrected chi connectivity index (χ4v) is 2.94. The van der Waals surface area contributed by atoms with E-state index in [0.29, 0.717) is 35.6 Å². The number of hydrogen-bond acceptors (Lipinski definition) is 4. The lowest BCUT2D eigenvalue weighted by molar-refractivity contribution is 0.181. The molecular weight excluding hydrogens is 328 g/mol. The average Bonchev–Trinajstić information content (AvgIpc) is 2.96. The maximum atomic E-state index is 12.2. The number of halogens is 1. The molecule has 0 bridgehead atoms. The molecule has 0 fully saturated rings. The number of para-hydroxylation sites is 1. The predicted octanol–water partition coefficient (Wildman–Crippen LogP) is 2.68. The van der Waals surface area contributed by atoms with Gasteiger partial charge in [-0.05, 0) is 25.2 Å². The number of aromatic amines is 2. The van der Waals surface area contributed by atoms with Crippen molar-refractivity contribution in [1.82, 2.24) is 20.1 Å². The molecule has 0 unspecified atom stereocenters. The van der Waals surface area contributed by atoms with E-state index in [1.165, 1.54) is 0 Å². The molecule has 0 spiro atoms. The maximum Gasteiger partial charge on any atom is 0.189 e. The van der Waals surface area contributed by atoms with E-state index in [0.717, 1.165) is 17.1 Å². The summed E-state index contributed by atoms with van der Waals surface area (Å²) in [6.45, 7) is 1.75. The number of rotatable bonds is 6. The molecule has 0 radical (unpaired) electrons. The summed E-state index contributed by atoms with van der Waals surface area (Å²) in [5.41, 5.74) is 3.32. The van der Waals surface area contributed by atoms with Gasteiger partial charge in [0, 0.05) is 37.3 Å². The Hall–Kier alpha value is -2.15. The summed E-state index contributed by atoms with van der Waals surface area (Å²) >= 11 is 6.19. The van der Waals surface area contributed by atoms with Crippen LogP contribution in [0.1, 0.15) is 17.1 Å². The second-order valence-corrected chi connectivity index (χ2v) is 6.22. The van der Waals surface area contributed by atoms with Crippen molar-refractivity contribution in [2.24, 2.45) is 0 Å². The first kappa shape index (κ1) is 16.7. The first-order valence-corrected chi connectivity index (χ1v) is 7.95. The van der Waals surface area contributed by atoms with Crippen molar-refractivity contribution in [2.75, 3.05) is 14.2 Å². The van der Waals surface area contributed by atoms with Crippen LogP contribution in [0, 0.1) is 0 Å². The summed E-state index contributed by atoms with van der Waals surface area (Å²) in [7, 11) is 3.62. The molecule has 3 rings (SSSR count). The lowest BCUT2D eigenvalue weighted by Gasteiger charge is -2.15. The van der Waals surface area contributed by atoms with Crippen LogP contribution in [0.25, 0.3) is 10.9 Å². The van der Waals surface area contributed by atoms with Crippen molar-refractivity contribution < 1.29 is 4.74 Å². The van der Waals surface area contributed by atoms with Gasteiger partial charge in [-0.1, -0.05) is 17.7 Å². The van der Waals surface area contributed by atoms with Gasteiger partial charge in [0.15, 0.2) is 5.43 Å². The van der Waals surface area contributed by atoms with E-state index in [2.05, 4.69) is 20.1 Å². The fraction of sp³-hybridized carbons (Fsp3) is 0.294. The van der Waals surface area contributed by atoms with Crippen molar-refractivity contribution in [3.63, 3.8) is 0 Å². The topological polar surface area (TPSA) is 74.0 Å². The lowest BCUT2D eigenvalue weighted by Crippen LogP contribution is -2.19. The van der Waals surface area contributed by atoms with Crippen LogP contribution < -0.4 is 5.43 Å². The van der Waals surface area contributed by atoms with Crippen LogP contribution in [-0.2, 0) is 24.4 Å². The van der Waals surface area contributed by atoms with Gasteiger partial charge in [0.05, 0.1) is 28.5 Å². The molecule has 0 aliphatic carbocycles. The minimum atomic E-state index is -0.0307. The molecule has 126 valence electrons. The lowest BCUT2D eigenvalue weighted by atomic mass is 10.2. The molecule has 7 heteroatoms. The second-order valence-electron chi connectivity index (χ2n) is 5.81. The van der Waals surface area contributed by atoms with Crippen LogP contribution in [-0.4, -0.2) is 34.2 Å². The Morgan fingerprint density at radius 1 is 1.25 bits per heavy atom. The monoisotopic (exact) mass is 346 g/mol. The zero-order chi connectivity index (χ0) is 17.1. The summed E-state index contributed by atoms with van der Waals surface area (Å²) < 4.78 is 5.07. The number of aromatic nitrogens is 3. The van der Waals surface area contributed by atoms with E-state index in [4.69, 9.17) is 16.3 Å². The van der Waals surface area contributed by atoms with Crippen molar-refractivity contribution in [3.05, 3.63) is 62.7 Å². The van der Waals surface area contributed by atoms with E-state index in [1.807, 2.05) is 13.1 Å². The van der Waals surface area contributed by atoms with Crippen LogP contribution >= 0.6 is 11.6 Å². The molecule has 0 saturated heterocycles. The van der Waals surface area contributed by atoms with Gasteiger partial charge < -0.3 is 9.72 Å². The van der Waals surface area contributed by atoms with Gasteiger partial charge in [-0.15, -0.1) is 0 Å². The van der Waals surface area contributed by atoms with E-state index in [1.54, 1.807) is 31.4 Å². The Morgan fingerprint density at radius 3 is 2.88 bits per heavy atom. The SMILES string of the molecule is COCc1cc(CN(C)Cc2cc(=O)c3cccc(Cl)c3[nH]2)n[nH]1. The molecule has 24 heavy (non-hydrogen) atoms. The van der Waals surface area contributed by atoms with Crippen LogP contribution in [0.4, 0.5) is 0 Å². The Kier molecular flexibility index (Phi) is 4.99. The number of methoxy groups -OCH3 is 1. The molecule has 3 aromatic rings. The number of nitrogens with one attached hydrogen (secondary N) is 2. The number of hydrogen-bond donors (Lipinski definition) is 2. The largest absolute Gasteiger partial charge is 0.378 e. The number of pyridine rings is 1. The number of nitrogens with zero attached hydrogens (tertiary/aromatic N) is 2. The second kappa shape index (κ2) is 7.17. The third-order valence-corrected chi connectivity index (χ3v) is 4.04. The normalized spacial score (nSPS) is 11.5. The molecule has 0 saturated carbocycles. The zero-order valence-corrected chi connectivity index (χ0v) is 14.4. The standard InChI is InChI=1S/C17H19ClN4O2/c1-22(9-12-6-13(10-24-2)21-20-12)8-11-7-16(23)14-4-3-5-15(18)17(14)19-11/h3-7H,8-10H2,1-2H3,(H,19,23)(H,20,21). The minimum Gasteiger partial charge on any atom is -0.378 e. The minimum absolute atomic E-state index is 0.0307. The van der Waals surface area contributed by atoms with Gasteiger partial charge in [0.25, 0.3) is 0 Å². The third kappa shape index (κ3) is 3.67. The van der Waals surface area contributed by atoms with Gasteiger partial charge >= 0.3 is 0 Å². The van der Waals surface area contributed by atoms with Crippen LogP contribution in [0.2, 0.25) is 5.02 Å². The Morgan fingerprint density at radius 2 is 2.08 bits per heavy atom.